The second-order valence-corrected chi connectivity index (χ2v) is 7.04. The number of amides is 1. The zero-order chi connectivity index (χ0) is 17.3. The lowest BCUT2D eigenvalue weighted by Crippen LogP contribution is -2.28. The van der Waals surface area contributed by atoms with Crippen molar-refractivity contribution in [2.75, 3.05) is 30.1 Å². The van der Waals surface area contributed by atoms with Crippen molar-refractivity contribution in [3.05, 3.63) is 46.4 Å². The fraction of sp³-hybridized carbons (Fsp3) is 0.353. The number of benzene rings is 1. The number of thioether (sulfide) groups is 1. The van der Waals surface area contributed by atoms with Crippen LogP contribution in [0.15, 0.2) is 40.4 Å². The lowest BCUT2D eigenvalue weighted by molar-refractivity contribution is -0.116. The molecule has 3 rings (SSSR count). The van der Waals surface area contributed by atoms with Gasteiger partial charge in [0.25, 0.3) is 5.56 Å². The third-order valence-electron chi connectivity index (χ3n) is 3.99. The summed E-state index contributed by atoms with van der Waals surface area (Å²) in [4.78, 5) is 30.9. The van der Waals surface area contributed by atoms with Gasteiger partial charge in [0.2, 0.25) is 5.91 Å². The Balaban J connectivity index is 1.69. The molecule has 0 fully saturated rings. The predicted octanol–water partition coefficient (Wildman–Crippen LogP) is 2.29. The van der Waals surface area contributed by atoms with Gasteiger partial charge in [-0.1, -0.05) is 11.8 Å². The Bertz CT molecular complexity index is 814. The minimum absolute atomic E-state index is 0.0573. The molecule has 0 saturated heterocycles. The molecule has 2 aromatic rings. The van der Waals surface area contributed by atoms with E-state index in [2.05, 4.69) is 10.3 Å². The van der Waals surface area contributed by atoms with Crippen molar-refractivity contribution >= 4 is 29.0 Å². The van der Waals surface area contributed by atoms with Crippen molar-refractivity contribution in [2.24, 2.45) is 0 Å². The van der Waals surface area contributed by atoms with Gasteiger partial charge in [-0.05, 0) is 31.2 Å². The highest BCUT2D eigenvalue weighted by Crippen LogP contribution is 2.32. The molecule has 6 nitrogen and oxygen atoms in total. The van der Waals surface area contributed by atoms with Crippen LogP contribution in [-0.4, -0.2) is 35.3 Å². The van der Waals surface area contributed by atoms with Gasteiger partial charge in [-0.25, -0.2) is 4.98 Å². The second kappa shape index (κ2) is 6.68. The normalized spacial score (nSPS) is 15.9. The second-order valence-electron chi connectivity index (χ2n) is 6.06. The lowest BCUT2D eigenvalue weighted by Gasteiger charge is -2.15. The number of carbonyl (C=O) groups is 1. The summed E-state index contributed by atoms with van der Waals surface area (Å²) in [6, 6.07) is 7.51. The first kappa shape index (κ1) is 16.6. The quantitative estimate of drug-likeness (QED) is 0.862. The molecule has 7 heteroatoms. The van der Waals surface area contributed by atoms with E-state index in [1.807, 2.05) is 43.3 Å². The van der Waals surface area contributed by atoms with Crippen molar-refractivity contribution in [1.82, 2.24) is 9.55 Å². The Hall–Kier alpha value is -2.28. The van der Waals surface area contributed by atoms with Gasteiger partial charge in [0.05, 0.1) is 6.04 Å². The predicted molar refractivity (Wildman–Crippen MR) is 97.0 cm³/mol. The SMILES string of the molecule is Cc1cnc2n(c1=O)C(CC(=O)Nc1ccc(N(C)C)cc1)CS2. The number of aromatic nitrogens is 2. The maximum Gasteiger partial charge on any atom is 0.257 e. The number of nitrogens with zero attached hydrogens (tertiary/aromatic N) is 3. The Morgan fingerprint density at radius 1 is 1.38 bits per heavy atom. The molecular formula is C17H20N4O2S. The molecule has 1 amide bonds. The third-order valence-corrected chi connectivity index (χ3v) is 5.10. The van der Waals surface area contributed by atoms with Gasteiger partial charge >= 0.3 is 0 Å². The van der Waals surface area contributed by atoms with Crippen LogP contribution in [0, 0.1) is 6.92 Å². The van der Waals surface area contributed by atoms with Crippen LogP contribution in [0.5, 0.6) is 0 Å². The fourth-order valence-electron chi connectivity index (χ4n) is 2.64. The Morgan fingerprint density at radius 2 is 2.08 bits per heavy atom. The van der Waals surface area contributed by atoms with E-state index >= 15 is 0 Å². The summed E-state index contributed by atoms with van der Waals surface area (Å²) in [5.74, 6) is 0.595. The maximum atomic E-state index is 12.3. The molecule has 1 aromatic carbocycles. The molecule has 0 saturated carbocycles. The summed E-state index contributed by atoms with van der Waals surface area (Å²) in [6.07, 6.45) is 1.86. The van der Waals surface area contributed by atoms with Crippen molar-refractivity contribution in [1.29, 1.82) is 0 Å². The summed E-state index contributed by atoms with van der Waals surface area (Å²) < 4.78 is 1.65. The van der Waals surface area contributed by atoms with Crippen LogP contribution in [-0.2, 0) is 4.79 Å². The van der Waals surface area contributed by atoms with Crippen LogP contribution < -0.4 is 15.8 Å². The number of anilines is 2. The summed E-state index contributed by atoms with van der Waals surface area (Å²) >= 11 is 1.52. The molecule has 0 aliphatic carbocycles. The first-order valence-corrected chi connectivity index (χ1v) is 8.72. The number of aryl methyl sites for hydroxylation is 1. The van der Waals surface area contributed by atoms with Crippen LogP contribution in [0.2, 0.25) is 0 Å². The van der Waals surface area contributed by atoms with E-state index in [1.165, 1.54) is 11.8 Å². The molecule has 0 bridgehead atoms. The summed E-state index contributed by atoms with van der Waals surface area (Å²) in [7, 11) is 3.94. The molecule has 1 aromatic heterocycles. The number of fused-ring (bicyclic) bond motifs is 1. The average molecular weight is 344 g/mol. The van der Waals surface area contributed by atoms with E-state index in [-0.39, 0.29) is 23.9 Å². The number of nitrogens with one attached hydrogen (secondary N) is 1. The molecule has 0 radical (unpaired) electrons. The summed E-state index contributed by atoms with van der Waals surface area (Å²) in [5.41, 5.74) is 2.37. The average Bonchev–Trinajstić information content (AvgIpc) is 2.95. The van der Waals surface area contributed by atoms with Gasteiger partial charge in [0.1, 0.15) is 0 Å². The van der Waals surface area contributed by atoms with E-state index in [0.29, 0.717) is 16.5 Å². The van der Waals surface area contributed by atoms with Crippen LogP contribution in [0.1, 0.15) is 18.0 Å². The van der Waals surface area contributed by atoms with Gasteiger partial charge in [-0.15, -0.1) is 0 Å². The number of hydrogen-bond acceptors (Lipinski definition) is 5. The van der Waals surface area contributed by atoms with Gasteiger partial charge in [0.15, 0.2) is 5.16 Å². The largest absolute Gasteiger partial charge is 0.378 e. The van der Waals surface area contributed by atoms with Crippen molar-refractivity contribution in [2.45, 2.75) is 24.5 Å². The third kappa shape index (κ3) is 3.31. The number of carbonyl (C=O) groups excluding carboxylic acids is 1. The van der Waals surface area contributed by atoms with Crippen LogP contribution in [0.25, 0.3) is 0 Å². The van der Waals surface area contributed by atoms with E-state index in [9.17, 15) is 9.59 Å². The van der Waals surface area contributed by atoms with Crippen LogP contribution in [0.4, 0.5) is 11.4 Å². The molecule has 126 valence electrons. The minimum atomic E-state index is -0.147. The van der Waals surface area contributed by atoms with E-state index in [0.717, 1.165) is 11.4 Å². The molecule has 1 aliphatic rings. The van der Waals surface area contributed by atoms with E-state index < -0.39 is 0 Å². The first-order chi connectivity index (χ1) is 11.5. The highest BCUT2D eigenvalue weighted by Gasteiger charge is 2.27. The molecule has 1 N–H and O–H groups in total. The molecule has 1 aliphatic heterocycles. The minimum Gasteiger partial charge on any atom is -0.378 e. The highest BCUT2D eigenvalue weighted by molar-refractivity contribution is 7.99. The Morgan fingerprint density at radius 3 is 2.75 bits per heavy atom. The maximum absolute atomic E-state index is 12.3. The van der Waals surface area contributed by atoms with Crippen molar-refractivity contribution in [3.63, 3.8) is 0 Å². The fourth-order valence-corrected chi connectivity index (χ4v) is 3.75. The molecule has 0 spiro atoms. The standard InChI is InChI=1S/C17H20N4O2S/c1-11-9-18-17-21(16(11)23)14(10-24-17)8-15(22)19-12-4-6-13(7-5-12)20(2)3/h4-7,9,14H,8,10H2,1-3H3,(H,19,22). The number of rotatable bonds is 4. The topological polar surface area (TPSA) is 67.2 Å². The zero-order valence-corrected chi connectivity index (χ0v) is 14.8. The lowest BCUT2D eigenvalue weighted by atomic mass is 10.2. The first-order valence-electron chi connectivity index (χ1n) is 7.74. The van der Waals surface area contributed by atoms with Gasteiger partial charge in [0, 0.05) is 49.4 Å². The van der Waals surface area contributed by atoms with Gasteiger partial charge in [-0.2, -0.15) is 0 Å². The van der Waals surface area contributed by atoms with Gasteiger partial charge in [-0.3, -0.25) is 14.2 Å². The van der Waals surface area contributed by atoms with E-state index in [4.69, 9.17) is 0 Å². The molecular weight excluding hydrogens is 324 g/mol. The summed E-state index contributed by atoms with van der Waals surface area (Å²) in [6.45, 7) is 1.75. The summed E-state index contributed by atoms with van der Waals surface area (Å²) in [5, 5.41) is 3.59. The zero-order valence-electron chi connectivity index (χ0n) is 13.9. The monoisotopic (exact) mass is 344 g/mol. The van der Waals surface area contributed by atoms with Crippen LogP contribution >= 0.6 is 11.8 Å². The Labute approximate surface area is 144 Å². The highest BCUT2D eigenvalue weighted by atomic mass is 32.2. The van der Waals surface area contributed by atoms with Crippen LogP contribution in [0.3, 0.4) is 0 Å². The molecule has 1 atom stereocenters. The smallest absolute Gasteiger partial charge is 0.257 e. The molecule has 24 heavy (non-hydrogen) atoms. The number of hydrogen-bond donors (Lipinski definition) is 1. The van der Waals surface area contributed by atoms with Crippen molar-refractivity contribution < 1.29 is 4.79 Å². The van der Waals surface area contributed by atoms with Gasteiger partial charge < -0.3 is 10.2 Å². The van der Waals surface area contributed by atoms with Crippen molar-refractivity contribution in [3.8, 4) is 0 Å². The van der Waals surface area contributed by atoms with E-state index in [1.54, 1.807) is 17.7 Å². The Kier molecular flexibility index (Phi) is 4.62. The molecule has 1 unspecified atom stereocenters. The molecule has 2 heterocycles.